The Hall–Kier alpha value is -2.56. The van der Waals surface area contributed by atoms with E-state index in [9.17, 15) is 49.8 Å². The van der Waals surface area contributed by atoms with Crippen LogP contribution in [-0.4, -0.2) is 167 Å². The first kappa shape index (κ1) is 49.1. The molecule has 4 fully saturated rings. The number of hydrogen-bond acceptors (Lipinski definition) is 15. The van der Waals surface area contributed by atoms with E-state index in [-0.39, 0.29) is 50.1 Å². The Kier molecular flexibility index (Phi) is 20.1. The molecule has 19 nitrogen and oxygen atoms in total. The normalized spacial score (nSPS) is 36.0. The van der Waals surface area contributed by atoms with Gasteiger partial charge < -0.3 is 75.0 Å². The summed E-state index contributed by atoms with van der Waals surface area (Å²) < 4.78 is 36.3. The quantitative estimate of drug-likeness (QED) is 0.0656. The third-order valence-corrected chi connectivity index (χ3v) is 12.0. The van der Waals surface area contributed by atoms with E-state index in [0.717, 1.165) is 32.1 Å². The fourth-order valence-corrected chi connectivity index (χ4v) is 8.68. The summed E-state index contributed by atoms with van der Waals surface area (Å²) in [4.78, 5) is 51.2. The van der Waals surface area contributed by atoms with Crippen molar-refractivity contribution in [3.8, 4) is 0 Å². The van der Waals surface area contributed by atoms with Crippen LogP contribution in [-0.2, 0) is 47.6 Å². The van der Waals surface area contributed by atoms with Crippen molar-refractivity contribution in [1.29, 1.82) is 0 Å². The summed E-state index contributed by atoms with van der Waals surface area (Å²) in [7, 11) is 0. The molecule has 19 heteroatoms. The van der Waals surface area contributed by atoms with E-state index in [0.29, 0.717) is 32.5 Å². The van der Waals surface area contributed by atoms with E-state index in [4.69, 9.17) is 28.4 Å². The SMILES string of the molecule is CCOCCCC(=O)NCCNC(=O)C1CC(CC)[C@@H](OC2O[C@@H](C)[C@H](O)C(O)[C@@H]2O)[C@H](O[C@@H]2OC(CO)[C@H](O)C(O[C@@H](CC3CCCCC3)C(=O)O)C2NC(C)=O)C1. The first-order valence-corrected chi connectivity index (χ1v) is 21.4. The summed E-state index contributed by atoms with van der Waals surface area (Å²) in [6, 6.07) is -1.31. The molecule has 15 atom stereocenters. The van der Waals surface area contributed by atoms with Crippen LogP contribution in [0.4, 0.5) is 0 Å². The largest absolute Gasteiger partial charge is 0.479 e. The van der Waals surface area contributed by atoms with Crippen molar-refractivity contribution >= 4 is 23.7 Å². The Morgan fingerprint density at radius 2 is 1.56 bits per heavy atom. The predicted molar refractivity (Wildman–Crippen MR) is 207 cm³/mol. The molecule has 59 heavy (non-hydrogen) atoms. The standard InChI is InChI=1S/C40H69N3O16/c1-5-24-18-25(37(51)42-15-14-41-29(46)13-10-16-54-6-2)19-26(35(24)59-40-34(50)33(49)31(47)21(3)55-40)57-39-30(43-22(4)45)36(32(48)28(20-44)58-39)56-27(38(52)53)17-23-11-8-7-9-12-23/h21,23-28,30-36,39-40,44,47-50H,5-20H2,1-4H3,(H,41,46)(H,42,51)(H,43,45)(H,52,53)/t21-,24?,25?,26+,27-,28?,30?,31-,32-,33?,34-,35+,36?,39+,40?/m0/s1. The molecule has 7 unspecified atom stereocenters. The van der Waals surface area contributed by atoms with Gasteiger partial charge in [0.05, 0.1) is 24.9 Å². The Bertz CT molecular complexity index is 1320. The number of amides is 3. The van der Waals surface area contributed by atoms with E-state index in [1.807, 2.05) is 13.8 Å². The molecule has 4 rings (SSSR count). The van der Waals surface area contributed by atoms with E-state index in [2.05, 4.69) is 16.0 Å². The molecular weight excluding hydrogens is 778 g/mol. The van der Waals surface area contributed by atoms with Gasteiger partial charge in [-0.25, -0.2) is 4.79 Å². The van der Waals surface area contributed by atoms with Gasteiger partial charge in [-0.1, -0.05) is 45.4 Å². The maximum atomic E-state index is 13.7. The molecule has 340 valence electrons. The number of aliphatic hydroxyl groups is 5. The highest BCUT2D eigenvalue weighted by Gasteiger charge is 2.53. The molecule has 2 saturated heterocycles. The topological polar surface area (TPSA) is 281 Å². The molecule has 3 amide bonds. The third kappa shape index (κ3) is 14.0. The van der Waals surface area contributed by atoms with Gasteiger partial charge in [-0.2, -0.15) is 0 Å². The number of rotatable bonds is 21. The Morgan fingerprint density at radius 3 is 2.20 bits per heavy atom. The molecule has 2 heterocycles. The second-order valence-electron chi connectivity index (χ2n) is 16.3. The van der Waals surface area contributed by atoms with Gasteiger partial charge in [0, 0.05) is 45.6 Å². The monoisotopic (exact) mass is 847 g/mol. The minimum Gasteiger partial charge on any atom is -0.479 e. The lowest BCUT2D eigenvalue weighted by Gasteiger charge is -2.49. The average molecular weight is 848 g/mol. The van der Waals surface area contributed by atoms with E-state index in [1.165, 1.54) is 13.8 Å². The van der Waals surface area contributed by atoms with Gasteiger partial charge in [-0.15, -0.1) is 0 Å². The number of nitrogens with one attached hydrogen (secondary N) is 3. The number of carbonyl (C=O) groups is 4. The van der Waals surface area contributed by atoms with Gasteiger partial charge in [0.1, 0.15) is 42.7 Å². The van der Waals surface area contributed by atoms with E-state index < -0.39 is 110 Å². The van der Waals surface area contributed by atoms with Gasteiger partial charge in [0.2, 0.25) is 17.7 Å². The van der Waals surface area contributed by atoms with Crippen molar-refractivity contribution in [3.05, 3.63) is 0 Å². The zero-order valence-electron chi connectivity index (χ0n) is 34.8. The molecule has 9 N–H and O–H groups in total. The predicted octanol–water partition coefficient (Wildman–Crippen LogP) is -0.539. The van der Waals surface area contributed by atoms with Gasteiger partial charge in [-0.05, 0) is 51.4 Å². The minimum absolute atomic E-state index is 0.00425. The molecule has 0 aromatic carbocycles. The van der Waals surface area contributed by atoms with Crippen LogP contribution in [0.15, 0.2) is 0 Å². The summed E-state index contributed by atoms with van der Waals surface area (Å²) in [5.74, 6) is -3.34. The number of ether oxygens (including phenoxy) is 6. The number of carbonyl (C=O) groups excluding carboxylic acids is 3. The first-order chi connectivity index (χ1) is 28.2. The molecular formula is C40H69N3O16. The fraction of sp³-hybridized carbons (Fsp3) is 0.900. The lowest BCUT2D eigenvalue weighted by atomic mass is 9.75. The highest BCUT2D eigenvalue weighted by atomic mass is 16.7. The maximum Gasteiger partial charge on any atom is 0.332 e. The molecule has 0 aromatic rings. The van der Waals surface area contributed by atoms with Crippen LogP contribution in [0.25, 0.3) is 0 Å². The fourth-order valence-electron chi connectivity index (χ4n) is 8.68. The Labute approximate surface area is 346 Å². The van der Waals surface area contributed by atoms with Crippen LogP contribution in [0, 0.1) is 17.8 Å². The molecule has 4 aliphatic rings. The van der Waals surface area contributed by atoms with E-state index >= 15 is 0 Å². The number of aliphatic carboxylic acids is 1. The van der Waals surface area contributed by atoms with Crippen molar-refractivity contribution in [2.75, 3.05) is 32.9 Å². The van der Waals surface area contributed by atoms with Crippen LogP contribution in [0.3, 0.4) is 0 Å². The maximum absolute atomic E-state index is 13.7. The van der Waals surface area contributed by atoms with Gasteiger partial charge >= 0.3 is 5.97 Å². The Balaban J connectivity index is 1.59. The van der Waals surface area contributed by atoms with Crippen LogP contribution in [0.1, 0.15) is 98.3 Å². The average Bonchev–Trinajstić information content (AvgIpc) is 3.21. The van der Waals surface area contributed by atoms with Crippen LogP contribution in [0.5, 0.6) is 0 Å². The number of hydrogen-bond donors (Lipinski definition) is 9. The van der Waals surface area contributed by atoms with E-state index in [1.54, 1.807) is 0 Å². The van der Waals surface area contributed by atoms with Crippen molar-refractivity contribution in [2.24, 2.45) is 17.8 Å². The van der Waals surface area contributed by atoms with Gasteiger partial charge in [0.15, 0.2) is 18.7 Å². The zero-order valence-corrected chi connectivity index (χ0v) is 34.8. The number of aliphatic hydroxyl groups excluding tert-OH is 5. The second kappa shape index (κ2) is 24.2. The van der Waals surface area contributed by atoms with Crippen molar-refractivity contribution in [1.82, 2.24) is 16.0 Å². The van der Waals surface area contributed by atoms with Crippen molar-refractivity contribution in [3.63, 3.8) is 0 Å². The van der Waals surface area contributed by atoms with Crippen molar-refractivity contribution < 1.29 is 78.2 Å². The summed E-state index contributed by atoms with van der Waals surface area (Å²) in [6.07, 6.45) is -9.74. The highest BCUT2D eigenvalue weighted by Crippen LogP contribution is 2.40. The molecule has 0 spiro atoms. The van der Waals surface area contributed by atoms with Crippen molar-refractivity contribution in [2.45, 2.75) is 178 Å². The molecule has 2 saturated carbocycles. The van der Waals surface area contributed by atoms with Crippen LogP contribution in [0.2, 0.25) is 0 Å². The number of carboxylic acids is 1. The summed E-state index contributed by atoms with van der Waals surface area (Å²) in [6.45, 7) is 7.13. The highest BCUT2D eigenvalue weighted by molar-refractivity contribution is 5.79. The summed E-state index contributed by atoms with van der Waals surface area (Å²) in [5, 5.41) is 72.2. The van der Waals surface area contributed by atoms with Crippen LogP contribution < -0.4 is 16.0 Å². The molecule has 0 radical (unpaired) electrons. The lowest BCUT2D eigenvalue weighted by molar-refractivity contribution is -0.338. The third-order valence-electron chi connectivity index (χ3n) is 12.0. The zero-order chi connectivity index (χ0) is 43.2. The molecule has 0 bridgehead atoms. The molecule has 2 aliphatic carbocycles. The lowest BCUT2D eigenvalue weighted by Crippen LogP contribution is -2.67. The van der Waals surface area contributed by atoms with Gasteiger partial charge in [0.25, 0.3) is 0 Å². The Morgan fingerprint density at radius 1 is 0.847 bits per heavy atom. The van der Waals surface area contributed by atoms with Gasteiger partial charge in [-0.3, -0.25) is 14.4 Å². The summed E-state index contributed by atoms with van der Waals surface area (Å²) >= 11 is 0. The number of carboxylic acid groups (broad SMARTS) is 1. The molecule has 2 aliphatic heterocycles. The second-order valence-corrected chi connectivity index (χ2v) is 16.3. The molecule has 0 aromatic heterocycles. The first-order valence-electron chi connectivity index (χ1n) is 21.4. The minimum atomic E-state index is -1.66. The smallest absolute Gasteiger partial charge is 0.332 e. The summed E-state index contributed by atoms with van der Waals surface area (Å²) in [5.41, 5.74) is 0. The van der Waals surface area contributed by atoms with Crippen LogP contribution >= 0.6 is 0 Å².